The van der Waals surface area contributed by atoms with Gasteiger partial charge in [-0.3, -0.25) is 4.79 Å². The van der Waals surface area contributed by atoms with Gasteiger partial charge in [0.1, 0.15) is 0 Å². The van der Waals surface area contributed by atoms with Crippen molar-refractivity contribution in [3.63, 3.8) is 0 Å². The lowest BCUT2D eigenvalue weighted by molar-refractivity contribution is -0.122. The molecule has 1 N–H and O–H groups in total. The Morgan fingerprint density at radius 1 is 1.47 bits per heavy atom. The quantitative estimate of drug-likeness (QED) is 0.883. The minimum atomic E-state index is 0.164. The Morgan fingerprint density at radius 2 is 2.29 bits per heavy atom. The van der Waals surface area contributed by atoms with Crippen LogP contribution in [0.5, 0.6) is 0 Å². The Morgan fingerprint density at radius 3 is 3.00 bits per heavy atom. The Bertz CT molecular complexity index is 572. The van der Waals surface area contributed by atoms with E-state index in [4.69, 9.17) is 0 Å². The third-order valence-electron chi connectivity index (χ3n) is 3.24. The standard InChI is InChI=1S/C13H14N2OS/c1-8-14-11-6-5-10(7-12(11)17-8)15-13(16)9-3-2-4-9/h5-7,9H,2-4H2,1H3,(H,15,16). The highest BCUT2D eigenvalue weighted by Crippen LogP contribution is 2.29. The summed E-state index contributed by atoms with van der Waals surface area (Å²) in [7, 11) is 0. The Balaban J connectivity index is 1.82. The average molecular weight is 246 g/mol. The van der Waals surface area contributed by atoms with Gasteiger partial charge >= 0.3 is 0 Å². The lowest BCUT2D eigenvalue weighted by Crippen LogP contribution is -2.27. The van der Waals surface area contributed by atoms with Crippen LogP contribution in [0.3, 0.4) is 0 Å². The fourth-order valence-corrected chi connectivity index (χ4v) is 2.90. The molecule has 1 saturated carbocycles. The molecule has 1 amide bonds. The van der Waals surface area contributed by atoms with Crippen LogP contribution in [0, 0.1) is 12.8 Å². The Kier molecular flexibility index (Phi) is 2.59. The fraction of sp³-hybridized carbons (Fsp3) is 0.385. The SMILES string of the molecule is Cc1nc2ccc(NC(=O)C3CCC3)cc2s1. The number of rotatable bonds is 2. The molecule has 2 aromatic rings. The summed E-state index contributed by atoms with van der Waals surface area (Å²) in [4.78, 5) is 16.2. The van der Waals surface area contributed by atoms with Crippen molar-refractivity contribution in [3.8, 4) is 0 Å². The number of hydrogen-bond acceptors (Lipinski definition) is 3. The monoisotopic (exact) mass is 246 g/mol. The highest BCUT2D eigenvalue weighted by atomic mass is 32.1. The maximum absolute atomic E-state index is 11.8. The predicted octanol–water partition coefficient (Wildman–Crippen LogP) is 3.34. The second-order valence-corrected chi connectivity index (χ2v) is 5.77. The maximum Gasteiger partial charge on any atom is 0.227 e. The number of carbonyl (C=O) groups is 1. The van der Waals surface area contributed by atoms with Crippen molar-refractivity contribution in [3.05, 3.63) is 23.2 Å². The van der Waals surface area contributed by atoms with Crippen molar-refractivity contribution in [1.82, 2.24) is 4.98 Å². The van der Waals surface area contributed by atoms with E-state index in [0.29, 0.717) is 0 Å². The first-order chi connectivity index (χ1) is 8.22. The van der Waals surface area contributed by atoms with Crippen LogP contribution in [0.1, 0.15) is 24.3 Å². The van der Waals surface area contributed by atoms with Gasteiger partial charge in [-0.15, -0.1) is 11.3 Å². The zero-order valence-electron chi connectivity index (χ0n) is 9.69. The minimum Gasteiger partial charge on any atom is -0.326 e. The number of nitrogens with one attached hydrogen (secondary N) is 1. The molecule has 4 heteroatoms. The molecule has 1 heterocycles. The van der Waals surface area contributed by atoms with Crippen molar-refractivity contribution in [2.24, 2.45) is 5.92 Å². The van der Waals surface area contributed by atoms with E-state index in [1.807, 2.05) is 25.1 Å². The summed E-state index contributed by atoms with van der Waals surface area (Å²) in [5, 5.41) is 4.04. The second kappa shape index (κ2) is 4.11. The molecule has 0 aliphatic heterocycles. The number of aromatic nitrogens is 1. The summed E-state index contributed by atoms with van der Waals surface area (Å²) >= 11 is 1.66. The van der Waals surface area contributed by atoms with Crippen molar-refractivity contribution in [1.29, 1.82) is 0 Å². The number of carbonyl (C=O) groups excluding carboxylic acids is 1. The van der Waals surface area contributed by atoms with E-state index in [-0.39, 0.29) is 11.8 Å². The van der Waals surface area contributed by atoms with Crippen molar-refractivity contribution in [2.45, 2.75) is 26.2 Å². The highest BCUT2D eigenvalue weighted by Gasteiger charge is 2.25. The maximum atomic E-state index is 11.8. The lowest BCUT2D eigenvalue weighted by atomic mass is 9.85. The molecule has 1 aliphatic carbocycles. The molecular weight excluding hydrogens is 232 g/mol. The number of hydrogen-bond donors (Lipinski definition) is 1. The van der Waals surface area contributed by atoms with Gasteiger partial charge in [0.15, 0.2) is 0 Å². The molecule has 88 valence electrons. The van der Waals surface area contributed by atoms with Gasteiger partial charge in [-0.1, -0.05) is 6.42 Å². The molecular formula is C13H14N2OS. The normalized spacial score (nSPS) is 15.8. The third kappa shape index (κ3) is 2.05. The first-order valence-corrected chi connectivity index (χ1v) is 6.72. The second-order valence-electron chi connectivity index (χ2n) is 4.53. The summed E-state index contributed by atoms with van der Waals surface area (Å²) in [6.45, 7) is 2.00. The van der Waals surface area contributed by atoms with Crippen LogP contribution in [0.25, 0.3) is 10.2 Å². The van der Waals surface area contributed by atoms with Gasteiger partial charge < -0.3 is 5.32 Å². The number of fused-ring (bicyclic) bond motifs is 1. The van der Waals surface area contributed by atoms with Crippen molar-refractivity contribution >= 4 is 33.1 Å². The molecule has 0 saturated heterocycles. The summed E-state index contributed by atoms with van der Waals surface area (Å²) in [5.74, 6) is 0.394. The van der Waals surface area contributed by atoms with E-state index in [9.17, 15) is 4.79 Å². The lowest BCUT2D eigenvalue weighted by Gasteiger charge is -2.23. The molecule has 3 nitrogen and oxygen atoms in total. The molecule has 0 radical (unpaired) electrons. The van der Waals surface area contributed by atoms with Gasteiger partial charge in [0.2, 0.25) is 5.91 Å². The van der Waals surface area contributed by atoms with E-state index in [1.54, 1.807) is 11.3 Å². The first-order valence-electron chi connectivity index (χ1n) is 5.90. The molecule has 0 atom stereocenters. The van der Waals surface area contributed by atoms with E-state index in [2.05, 4.69) is 10.3 Å². The highest BCUT2D eigenvalue weighted by molar-refractivity contribution is 7.18. The Hall–Kier alpha value is -1.42. The summed E-state index contributed by atoms with van der Waals surface area (Å²) in [5.41, 5.74) is 1.90. The molecule has 17 heavy (non-hydrogen) atoms. The molecule has 1 aliphatic rings. The molecule has 3 rings (SSSR count). The van der Waals surface area contributed by atoms with Crippen LogP contribution >= 0.6 is 11.3 Å². The smallest absolute Gasteiger partial charge is 0.227 e. The van der Waals surface area contributed by atoms with Crippen LogP contribution in [-0.2, 0) is 4.79 Å². The zero-order valence-corrected chi connectivity index (χ0v) is 10.5. The molecule has 1 aromatic heterocycles. The molecule has 1 fully saturated rings. The van der Waals surface area contributed by atoms with Crippen LogP contribution in [0.2, 0.25) is 0 Å². The van der Waals surface area contributed by atoms with Gasteiger partial charge in [-0.25, -0.2) is 4.98 Å². The fourth-order valence-electron chi connectivity index (χ4n) is 2.03. The number of aryl methyl sites for hydroxylation is 1. The molecule has 1 aromatic carbocycles. The summed E-state index contributed by atoms with van der Waals surface area (Å²) in [6, 6.07) is 5.91. The minimum absolute atomic E-state index is 0.164. The van der Waals surface area contributed by atoms with E-state index in [1.165, 1.54) is 6.42 Å². The van der Waals surface area contributed by atoms with Gasteiger partial charge in [0, 0.05) is 11.6 Å². The molecule has 0 spiro atoms. The molecule has 0 unspecified atom stereocenters. The van der Waals surface area contributed by atoms with E-state index < -0.39 is 0 Å². The van der Waals surface area contributed by atoms with Crippen LogP contribution in [-0.4, -0.2) is 10.9 Å². The van der Waals surface area contributed by atoms with E-state index in [0.717, 1.165) is 33.8 Å². The summed E-state index contributed by atoms with van der Waals surface area (Å²) in [6.07, 6.45) is 3.26. The van der Waals surface area contributed by atoms with Gasteiger partial charge in [-0.05, 0) is 38.0 Å². The number of amides is 1. The van der Waals surface area contributed by atoms with Gasteiger partial charge in [0.05, 0.1) is 15.2 Å². The predicted molar refractivity (Wildman–Crippen MR) is 70.3 cm³/mol. The number of thiazole rings is 1. The topological polar surface area (TPSA) is 42.0 Å². The number of anilines is 1. The Labute approximate surface area is 104 Å². The molecule has 0 bridgehead atoms. The first kappa shape index (κ1) is 10.7. The van der Waals surface area contributed by atoms with Crippen LogP contribution in [0.4, 0.5) is 5.69 Å². The average Bonchev–Trinajstić information content (AvgIpc) is 2.54. The van der Waals surface area contributed by atoms with E-state index >= 15 is 0 Å². The largest absolute Gasteiger partial charge is 0.326 e. The number of nitrogens with zero attached hydrogens (tertiary/aromatic N) is 1. The van der Waals surface area contributed by atoms with Crippen LogP contribution in [0.15, 0.2) is 18.2 Å². The van der Waals surface area contributed by atoms with Crippen molar-refractivity contribution in [2.75, 3.05) is 5.32 Å². The van der Waals surface area contributed by atoms with Crippen molar-refractivity contribution < 1.29 is 4.79 Å². The number of benzene rings is 1. The third-order valence-corrected chi connectivity index (χ3v) is 4.17. The van der Waals surface area contributed by atoms with Gasteiger partial charge in [-0.2, -0.15) is 0 Å². The zero-order chi connectivity index (χ0) is 11.8. The van der Waals surface area contributed by atoms with Gasteiger partial charge in [0.25, 0.3) is 0 Å². The van der Waals surface area contributed by atoms with Crippen LogP contribution < -0.4 is 5.32 Å². The summed E-state index contributed by atoms with van der Waals surface area (Å²) < 4.78 is 1.13.